The maximum absolute atomic E-state index is 14.2. The van der Waals surface area contributed by atoms with Crippen molar-refractivity contribution in [1.29, 1.82) is 0 Å². The van der Waals surface area contributed by atoms with Crippen LogP contribution in [0.2, 0.25) is 0 Å². The topological polar surface area (TPSA) is 65.9 Å². The second-order valence-corrected chi connectivity index (χ2v) is 6.98. The maximum Gasteiger partial charge on any atom is 0.417 e. The lowest BCUT2D eigenvalue weighted by molar-refractivity contribution is -0.138. The molecule has 1 aliphatic heterocycles. The summed E-state index contributed by atoms with van der Waals surface area (Å²) in [4.78, 5) is 18.4. The Morgan fingerprint density at radius 3 is 2.50 bits per heavy atom. The summed E-state index contributed by atoms with van der Waals surface area (Å²) in [5, 5.41) is 9.58. The first-order chi connectivity index (χ1) is 11.9. The van der Waals surface area contributed by atoms with E-state index in [0.717, 1.165) is 0 Å². The number of anilines is 1. The summed E-state index contributed by atoms with van der Waals surface area (Å²) in [6, 6.07) is -0.341. The number of aliphatic hydroxyl groups is 1. The second kappa shape index (κ2) is 7.26. The minimum Gasteiger partial charge on any atom is -0.444 e. The number of nitrogens with zero attached hydrogens (tertiary/aromatic N) is 3. The zero-order valence-corrected chi connectivity index (χ0v) is 14.7. The van der Waals surface area contributed by atoms with E-state index in [1.807, 2.05) is 0 Å². The van der Waals surface area contributed by atoms with Gasteiger partial charge in [0, 0.05) is 25.8 Å². The monoisotopic (exact) mass is 379 g/mol. The molecule has 1 atom stereocenters. The smallest absolute Gasteiger partial charge is 0.417 e. The number of pyridine rings is 1. The summed E-state index contributed by atoms with van der Waals surface area (Å²) < 4.78 is 57.3. The molecule has 1 aromatic heterocycles. The van der Waals surface area contributed by atoms with Crippen LogP contribution in [0.5, 0.6) is 0 Å². The fourth-order valence-corrected chi connectivity index (χ4v) is 2.58. The van der Waals surface area contributed by atoms with Crippen LogP contribution in [0.15, 0.2) is 12.3 Å². The molecule has 0 aliphatic carbocycles. The summed E-state index contributed by atoms with van der Waals surface area (Å²) in [5.74, 6) is -1.43. The molecule has 0 spiro atoms. The van der Waals surface area contributed by atoms with Crippen LogP contribution in [0.1, 0.15) is 26.3 Å². The molecule has 2 heterocycles. The molecule has 1 N–H and O–H groups in total. The summed E-state index contributed by atoms with van der Waals surface area (Å²) in [5.41, 5.74) is -1.88. The Balaban J connectivity index is 2.16. The quantitative estimate of drug-likeness (QED) is 0.801. The van der Waals surface area contributed by atoms with Gasteiger partial charge in [0.2, 0.25) is 0 Å². The molecule has 1 saturated heterocycles. The highest BCUT2D eigenvalue weighted by Gasteiger charge is 2.36. The van der Waals surface area contributed by atoms with Crippen molar-refractivity contribution in [2.75, 3.05) is 31.1 Å². The Morgan fingerprint density at radius 1 is 1.35 bits per heavy atom. The summed E-state index contributed by atoms with van der Waals surface area (Å²) in [6.45, 7) is 5.01. The molecule has 0 unspecified atom stereocenters. The van der Waals surface area contributed by atoms with E-state index in [1.165, 1.54) is 9.80 Å². The number of piperazine rings is 1. The van der Waals surface area contributed by atoms with Gasteiger partial charge in [-0.05, 0) is 26.8 Å². The van der Waals surface area contributed by atoms with E-state index in [9.17, 15) is 27.5 Å². The third kappa shape index (κ3) is 4.75. The van der Waals surface area contributed by atoms with Crippen LogP contribution < -0.4 is 4.90 Å². The van der Waals surface area contributed by atoms with Crippen LogP contribution in [-0.4, -0.2) is 59.0 Å². The predicted molar refractivity (Wildman–Crippen MR) is 85.2 cm³/mol. The Labute approximate surface area is 148 Å². The molecule has 0 bridgehead atoms. The molecule has 26 heavy (non-hydrogen) atoms. The standard InChI is InChI=1S/C16H21F4N3O3/c1-15(2,3)26-14(25)22-4-5-23(11(8-22)9-24)13-12(17)6-10(7-21-13)16(18,19)20/h6-7,11,24H,4-5,8-9H2,1-3H3/t11-/m1/s1. The lowest BCUT2D eigenvalue weighted by Gasteiger charge is -2.41. The summed E-state index contributed by atoms with van der Waals surface area (Å²) >= 11 is 0. The average molecular weight is 379 g/mol. The maximum atomic E-state index is 14.2. The molecule has 6 nitrogen and oxygen atoms in total. The number of halogens is 4. The molecule has 0 saturated carbocycles. The van der Waals surface area contributed by atoms with E-state index < -0.39 is 41.9 Å². The number of hydrogen-bond acceptors (Lipinski definition) is 5. The number of hydrogen-bond donors (Lipinski definition) is 1. The van der Waals surface area contributed by atoms with Gasteiger partial charge in [-0.25, -0.2) is 14.2 Å². The van der Waals surface area contributed by atoms with E-state index in [4.69, 9.17) is 4.74 Å². The Bertz CT molecular complexity index is 661. The van der Waals surface area contributed by atoms with E-state index >= 15 is 0 Å². The van der Waals surface area contributed by atoms with Crippen molar-refractivity contribution >= 4 is 11.9 Å². The van der Waals surface area contributed by atoms with E-state index in [-0.39, 0.29) is 25.5 Å². The van der Waals surface area contributed by atoms with Gasteiger partial charge in [0.05, 0.1) is 18.2 Å². The SMILES string of the molecule is CC(C)(C)OC(=O)N1CCN(c2ncc(C(F)(F)F)cc2F)[C@@H](CO)C1. The molecule has 1 fully saturated rings. The number of rotatable bonds is 2. The molecule has 1 amide bonds. The van der Waals surface area contributed by atoms with Gasteiger partial charge in [0.25, 0.3) is 0 Å². The Kier molecular flexibility index (Phi) is 5.64. The van der Waals surface area contributed by atoms with Crippen LogP contribution in [0.4, 0.5) is 28.2 Å². The van der Waals surface area contributed by atoms with Crippen molar-refractivity contribution in [3.8, 4) is 0 Å². The van der Waals surface area contributed by atoms with Gasteiger partial charge < -0.3 is 19.6 Å². The van der Waals surface area contributed by atoms with Gasteiger partial charge in [-0.15, -0.1) is 0 Å². The molecular weight excluding hydrogens is 358 g/mol. The van der Waals surface area contributed by atoms with Gasteiger partial charge in [0.1, 0.15) is 5.60 Å². The number of alkyl halides is 3. The van der Waals surface area contributed by atoms with E-state index in [1.54, 1.807) is 20.8 Å². The predicted octanol–water partition coefficient (Wildman–Crippen LogP) is 2.66. The molecule has 0 radical (unpaired) electrons. The van der Waals surface area contributed by atoms with Crippen LogP contribution in [0.3, 0.4) is 0 Å². The lowest BCUT2D eigenvalue weighted by Crippen LogP contribution is -2.57. The first kappa shape index (κ1) is 20.2. The molecule has 1 aromatic rings. The largest absolute Gasteiger partial charge is 0.444 e. The highest BCUT2D eigenvalue weighted by molar-refractivity contribution is 5.68. The van der Waals surface area contributed by atoms with Crippen LogP contribution in [-0.2, 0) is 10.9 Å². The van der Waals surface area contributed by atoms with Gasteiger partial charge in [-0.3, -0.25) is 0 Å². The molecule has 146 valence electrons. The van der Waals surface area contributed by atoms with Gasteiger partial charge >= 0.3 is 12.3 Å². The zero-order chi connectivity index (χ0) is 19.7. The van der Waals surface area contributed by atoms with Crippen molar-refractivity contribution in [3.05, 3.63) is 23.6 Å². The van der Waals surface area contributed by atoms with Crippen LogP contribution in [0, 0.1) is 5.82 Å². The first-order valence-corrected chi connectivity index (χ1v) is 8.00. The summed E-state index contributed by atoms with van der Waals surface area (Å²) in [6.07, 6.45) is -4.72. The number of aliphatic hydroxyl groups excluding tert-OH is 1. The fraction of sp³-hybridized carbons (Fsp3) is 0.625. The van der Waals surface area contributed by atoms with Crippen molar-refractivity contribution in [2.24, 2.45) is 0 Å². The van der Waals surface area contributed by atoms with Gasteiger partial charge in [0.15, 0.2) is 11.6 Å². The minimum atomic E-state index is -4.70. The number of amides is 1. The zero-order valence-electron chi connectivity index (χ0n) is 14.7. The minimum absolute atomic E-state index is 0.0353. The normalized spacial score (nSPS) is 18.8. The number of ether oxygens (including phenoxy) is 1. The molecule has 0 aromatic carbocycles. The number of carbonyl (C=O) groups excluding carboxylic acids is 1. The molecule has 1 aliphatic rings. The molecular formula is C16H21F4N3O3. The first-order valence-electron chi connectivity index (χ1n) is 8.00. The van der Waals surface area contributed by atoms with Crippen LogP contribution in [0.25, 0.3) is 0 Å². The highest BCUT2D eigenvalue weighted by Crippen LogP contribution is 2.31. The second-order valence-electron chi connectivity index (χ2n) is 6.98. The highest BCUT2D eigenvalue weighted by atomic mass is 19.4. The van der Waals surface area contributed by atoms with Crippen molar-refractivity contribution in [1.82, 2.24) is 9.88 Å². The fourth-order valence-electron chi connectivity index (χ4n) is 2.58. The number of aromatic nitrogens is 1. The Morgan fingerprint density at radius 2 is 2.00 bits per heavy atom. The average Bonchev–Trinajstić information content (AvgIpc) is 2.51. The van der Waals surface area contributed by atoms with Crippen LogP contribution >= 0.6 is 0 Å². The third-order valence-electron chi connectivity index (χ3n) is 3.77. The Hall–Kier alpha value is -2.10. The van der Waals surface area contributed by atoms with Gasteiger partial charge in [-0.2, -0.15) is 13.2 Å². The summed E-state index contributed by atoms with van der Waals surface area (Å²) in [7, 11) is 0. The number of carbonyl (C=O) groups is 1. The third-order valence-corrected chi connectivity index (χ3v) is 3.77. The van der Waals surface area contributed by atoms with Crippen molar-refractivity contribution < 1.29 is 32.2 Å². The van der Waals surface area contributed by atoms with Crippen molar-refractivity contribution in [2.45, 2.75) is 38.6 Å². The lowest BCUT2D eigenvalue weighted by atomic mass is 10.1. The molecule has 2 rings (SSSR count). The van der Waals surface area contributed by atoms with E-state index in [2.05, 4.69) is 4.98 Å². The molecule has 10 heteroatoms. The van der Waals surface area contributed by atoms with Gasteiger partial charge in [-0.1, -0.05) is 0 Å². The van der Waals surface area contributed by atoms with E-state index in [0.29, 0.717) is 12.3 Å². The van der Waals surface area contributed by atoms with Crippen molar-refractivity contribution in [3.63, 3.8) is 0 Å².